The van der Waals surface area contributed by atoms with Gasteiger partial charge >= 0.3 is 0 Å². The van der Waals surface area contributed by atoms with Crippen LogP contribution in [0.5, 0.6) is 0 Å². The Labute approximate surface area is 120 Å². The Balaban J connectivity index is 2.21. The molecule has 1 aromatic carbocycles. The molecule has 5 heteroatoms. The van der Waals surface area contributed by atoms with Crippen molar-refractivity contribution < 1.29 is 0 Å². The molecule has 1 aromatic heterocycles. The van der Waals surface area contributed by atoms with Gasteiger partial charge in [-0.15, -0.1) is 0 Å². The van der Waals surface area contributed by atoms with E-state index in [2.05, 4.69) is 47.9 Å². The van der Waals surface area contributed by atoms with Crippen LogP contribution in [0.25, 0.3) is 0 Å². The van der Waals surface area contributed by atoms with E-state index in [1.54, 1.807) is 6.33 Å². The third-order valence-electron chi connectivity index (χ3n) is 3.22. The Morgan fingerprint density at radius 2 is 1.95 bits per heavy atom. The average Bonchev–Trinajstić information content (AvgIpc) is 2.87. The van der Waals surface area contributed by atoms with Crippen LogP contribution in [-0.4, -0.2) is 21.3 Å². The lowest BCUT2D eigenvalue weighted by Gasteiger charge is -2.24. The predicted molar refractivity (Wildman–Crippen MR) is 82.6 cm³/mol. The quantitative estimate of drug-likeness (QED) is 0.822. The zero-order chi connectivity index (χ0) is 14.5. The van der Waals surface area contributed by atoms with Gasteiger partial charge in [-0.3, -0.25) is 0 Å². The summed E-state index contributed by atoms with van der Waals surface area (Å²) in [5.74, 6) is 0.991. The highest BCUT2D eigenvalue weighted by atomic mass is 15.4. The molecule has 0 amide bonds. The lowest BCUT2D eigenvalue weighted by Crippen LogP contribution is -2.26. The molecule has 0 saturated carbocycles. The molecule has 0 saturated heterocycles. The Bertz CT molecular complexity index is 529. The van der Waals surface area contributed by atoms with Crippen LogP contribution >= 0.6 is 0 Å². The summed E-state index contributed by atoms with van der Waals surface area (Å²) in [6.45, 7) is 8.15. The Kier molecular flexibility index (Phi) is 4.61. The van der Waals surface area contributed by atoms with Crippen LogP contribution < -0.4 is 10.6 Å². The van der Waals surface area contributed by atoms with Crippen molar-refractivity contribution in [1.29, 1.82) is 0 Å². The molecule has 0 fully saturated rings. The SMILES string of the molecule is CCCN(Cc1ncnn1C(C)C)c1ccc(N)cc1. The van der Waals surface area contributed by atoms with Crippen LogP contribution in [-0.2, 0) is 6.54 Å². The van der Waals surface area contributed by atoms with Crippen molar-refractivity contribution in [2.45, 2.75) is 39.8 Å². The molecule has 0 spiro atoms. The van der Waals surface area contributed by atoms with Gasteiger partial charge in [0.05, 0.1) is 6.54 Å². The third kappa shape index (κ3) is 3.29. The summed E-state index contributed by atoms with van der Waals surface area (Å²) >= 11 is 0. The van der Waals surface area contributed by atoms with E-state index < -0.39 is 0 Å². The lowest BCUT2D eigenvalue weighted by molar-refractivity contribution is 0.500. The fourth-order valence-electron chi connectivity index (χ4n) is 2.24. The van der Waals surface area contributed by atoms with Gasteiger partial charge in [-0.05, 0) is 44.5 Å². The van der Waals surface area contributed by atoms with E-state index >= 15 is 0 Å². The van der Waals surface area contributed by atoms with Gasteiger partial charge in [0.25, 0.3) is 0 Å². The first-order valence-electron chi connectivity index (χ1n) is 7.10. The largest absolute Gasteiger partial charge is 0.399 e. The second-order valence-electron chi connectivity index (χ2n) is 5.23. The average molecular weight is 273 g/mol. The molecule has 0 aliphatic carbocycles. The number of hydrogen-bond donors (Lipinski definition) is 1. The number of nitrogens with two attached hydrogens (primary N) is 1. The van der Waals surface area contributed by atoms with Gasteiger partial charge in [-0.25, -0.2) is 9.67 Å². The topological polar surface area (TPSA) is 60.0 Å². The molecule has 0 bridgehead atoms. The highest BCUT2D eigenvalue weighted by Crippen LogP contribution is 2.19. The molecule has 108 valence electrons. The summed E-state index contributed by atoms with van der Waals surface area (Å²) in [5, 5.41) is 4.30. The van der Waals surface area contributed by atoms with Crippen molar-refractivity contribution >= 4 is 11.4 Å². The van der Waals surface area contributed by atoms with Crippen LogP contribution in [0.1, 0.15) is 39.1 Å². The van der Waals surface area contributed by atoms with E-state index in [4.69, 9.17) is 5.73 Å². The third-order valence-corrected chi connectivity index (χ3v) is 3.22. The lowest BCUT2D eigenvalue weighted by atomic mass is 10.2. The van der Waals surface area contributed by atoms with Gasteiger partial charge in [0.1, 0.15) is 12.2 Å². The van der Waals surface area contributed by atoms with Gasteiger partial charge in [0, 0.05) is 24.0 Å². The van der Waals surface area contributed by atoms with E-state index in [1.165, 1.54) is 5.69 Å². The van der Waals surface area contributed by atoms with Crippen molar-refractivity contribution in [3.63, 3.8) is 0 Å². The summed E-state index contributed by atoms with van der Waals surface area (Å²) in [5.41, 5.74) is 7.71. The second-order valence-corrected chi connectivity index (χ2v) is 5.23. The molecule has 20 heavy (non-hydrogen) atoms. The van der Waals surface area contributed by atoms with Crippen LogP contribution in [0.15, 0.2) is 30.6 Å². The normalized spacial score (nSPS) is 11.0. The van der Waals surface area contributed by atoms with Crippen molar-refractivity contribution in [3.8, 4) is 0 Å². The van der Waals surface area contributed by atoms with E-state index in [1.807, 2.05) is 16.8 Å². The summed E-state index contributed by atoms with van der Waals surface area (Å²) in [6.07, 6.45) is 2.71. The van der Waals surface area contributed by atoms with Gasteiger partial charge < -0.3 is 10.6 Å². The Morgan fingerprint density at radius 1 is 1.25 bits per heavy atom. The number of aromatic nitrogens is 3. The maximum absolute atomic E-state index is 5.76. The molecule has 2 N–H and O–H groups in total. The fraction of sp³-hybridized carbons (Fsp3) is 0.467. The standard InChI is InChI=1S/C15H23N5/c1-4-9-19(14-7-5-13(16)6-8-14)10-15-17-11-18-20(15)12(2)3/h5-8,11-12H,4,9-10,16H2,1-3H3. The number of nitrogen functional groups attached to an aromatic ring is 1. The highest BCUT2D eigenvalue weighted by Gasteiger charge is 2.13. The molecule has 5 nitrogen and oxygen atoms in total. The van der Waals surface area contributed by atoms with Crippen molar-refractivity contribution in [1.82, 2.24) is 14.8 Å². The zero-order valence-electron chi connectivity index (χ0n) is 12.5. The monoisotopic (exact) mass is 273 g/mol. The highest BCUT2D eigenvalue weighted by molar-refractivity contribution is 5.53. The maximum atomic E-state index is 5.76. The molecule has 0 aliphatic rings. The van der Waals surface area contributed by atoms with Gasteiger partial charge in [0.2, 0.25) is 0 Å². The molecule has 0 radical (unpaired) electrons. The summed E-state index contributed by atoms with van der Waals surface area (Å²) < 4.78 is 1.97. The van der Waals surface area contributed by atoms with Crippen LogP contribution in [0, 0.1) is 0 Å². The Hall–Kier alpha value is -2.04. The molecule has 2 rings (SSSR count). The first kappa shape index (κ1) is 14.4. The number of rotatable bonds is 6. The van der Waals surface area contributed by atoms with E-state index in [-0.39, 0.29) is 0 Å². The summed E-state index contributed by atoms with van der Waals surface area (Å²) in [7, 11) is 0. The summed E-state index contributed by atoms with van der Waals surface area (Å²) in [6, 6.07) is 8.31. The van der Waals surface area contributed by atoms with Crippen molar-refractivity contribution in [2.24, 2.45) is 0 Å². The fourth-order valence-corrected chi connectivity index (χ4v) is 2.24. The minimum atomic E-state index is 0.322. The molecular weight excluding hydrogens is 250 g/mol. The smallest absolute Gasteiger partial charge is 0.146 e. The van der Waals surface area contributed by atoms with Crippen molar-refractivity contribution in [3.05, 3.63) is 36.4 Å². The minimum absolute atomic E-state index is 0.322. The molecule has 1 heterocycles. The van der Waals surface area contributed by atoms with Gasteiger partial charge in [0.15, 0.2) is 0 Å². The summed E-state index contributed by atoms with van der Waals surface area (Å²) in [4.78, 5) is 6.70. The van der Waals surface area contributed by atoms with E-state index in [0.717, 1.165) is 31.0 Å². The van der Waals surface area contributed by atoms with E-state index in [0.29, 0.717) is 6.04 Å². The zero-order valence-corrected chi connectivity index (χ0v) is 12.5. The van der Waals surface area contributed by atoms with Crippen LogP contribution in [0.4, 0.5) is 11.4 Å². The van der Waals surface area contributed by atoms with Gasteiger partial charge in [-0.2, -0.15) is 5.10 Å². The van der Waals surface area contributed by atoms with Crippen molar-refractivity contribution in [2.75, 3.05) is 17.2 Å². The number of hydrogen-bond acceptors (Lipinski definition) is 4. The van der Waals surface area contributed by atoms with Crippen LogP contribution in [0.2, 0.25) is 0 Å². The molecule has 0 aliphatic heterocycles. The number of benzene rings is 1. The molecule has 2 aromatic rings. The first-order valence-corrected chi connectivity index (χ1v) is 7.10. The molecule has 0 unspecified atom stereocenters. The van der Waals surface area contributed by atoms with E-state index in [9.17, 15) is 0 Å². The van der Waals surface area contributed by atoms with Crippen LogP contribution in [0.3, 0.4) is 0 Å². The Morgan fingerprint density at radius 3 is 2.55 bits per heavy atom. The maximum Gasteiger partial charge on any atom is 0.146 e. The van der Waals surface area contributed by atoms with Gasteiger partial charge in [-0.1, -0.05) is 6.92 Å². The predicted octanol–water partition coefficient (Wildman–Crippen LogP) is 2.86. The second kappa shape index (κ2) is 6.41. The molecule has 0 atom stereocenters. The number of nitrogens with zero attached hydrogens (tertiary/aromatic N) is 4. The first-order chi connectivity index (χ1) is 9.61. The minimum Gasteiger partial charge on any atom is -0.399 e. The number of anilines is 2. The molecular formula is C15H23N5.